The number of nitrogens with zero attached hydrogens (tertiary/aromatic N) is 10. The van der Waals surface area contributed by atoms with E-state index in [1.807, 2.05) is 29.1 Å². The fourth-order valence-corrected chi connectivity index (χ4v) is 9.22. The lowest BCUT2D eigenvalue weighted by atomic mass is 9.93. The van der Waals surface area contributed by atoms with Crippen molar-refractivity contribution in [2.75, 3.05) is 38.0 Å². The maximum Gasteiger partial charge on any atom is 0.390 e. The standard InChI is InChI=1S/C44H51F3N12O4/c1-54-38-22-28(4-11-36(38)59(43(54)63)37-12-13-39(61)50-41(37)62)14-17-57-26-31(52-53-57)25-56-20-18-55(19-21-56)24-29-2-5-30(6-3-29)35-27-58(32-7-9-33(60)10-8-32)40-34(35)23-49-42(51-40)48-16-15-44(45,46)47/h2-6,11,22-23,26-27,32-33,37,60H,7-10,12-21,24-25H2,1H3,(H,48,49,51)(H,50,61,62)/t32-,33-,37-/m0/s1. The number of carbonyl (C=O) groups excluding carboxylic acids is 2. The number of imidazole rings is 1. The number of piperazine rings is 1. The number of fused-ring (bicyclic) bond motifs is 2. The number of imide groups is 1. The van der Waals surface area contributed by atoms with E-state index in [0.29, 0.717) is 49.9 Å². The minimum absolute atomic E-state index is 0.121. The minimum Gasteiger partial charge on any atom is -0.393 e. The van der Waals surface area contributed by atoms with Crippen LogP contribution in [0, 0.1) is 0 Å². The molecule has 1 atom stereocenters. The van der Waals surface area contributed by atoms with Crippen LogP contribution >= 0.6 is 0 Å². The van der Waals surface area contributed by atoms with E-state index in [1.165, 1.54) is 10.1 Å². The van der Waals surface area contributed by atoms with E-state index in [4.69, 9.17) is 0 Å². The van der Waals surface area contributed by atoms with Crippen LogP contribution in [0.1, 0.15) is 73.9 Å². The Labute approximate surface area is 360 Å². The van der Waals surface area contributed by atoms with Crippen LogP contribution in [0.15, 0.2) is 65.8 Å². The number of aliphatic hydroxyl groups excluding tert-OH is 1. The average molecular weight is 869 g/mol. The summed E-state index contributed by atoms with van der Waals surface area (Å²) in [6, 6.07) is 13.7. The predicted molar refractivity (Wildman–Crippen MR) is 229 cm³/mol. The molecule has 2 aromatic carbocycles. The minimum atomic E-state index is -4.27. The Morgan fingerprint density at radius 3 is 2.35 bits per heavy atom. The van der Waals surface area contributed by atoms with Crippen LogP contribution in [0.4, 0.5) is 19.1 Å². The normalized spacial score (nSPS) is 20.5. The second kappa shape index (κ2) is 17.7. The van der Waals surface area contributed by atoms with E-state index in [9.17, 15) is 32.7 Å². The van der Waals surface area contributed by atoms with Crippen LogP contribution < -0.4 is 16.3 Å². The van der Waals surface area contributed by atoms with Gasteiger partial charge >= 0.3 is 11.9 Å². The summed E-state index contributed by atoms with van der Waals surface area (Å²) < 4.78 is 45.4. The lowest BCUT2D eigenvalue weighted by molar-refractivity contribution is -0.136. The first kappa shape index (κ1) is 42.4. The SMILES string of the molecule is Cn1c(=O)n([C@H]2CCC(=O)NC2=O)c2ccc(CCn3cc(CN4CCN(Cc5ccc(-c6cn([C@H]7CC[C@H](O)CC7)c7nc(NCCC(F)(F)F)ncc67)cc5)CC4)nn3)cc21. The quantitative estimate of drug-likeness (QED) is 0.137. The molecular formula is C44H51F3N12O4. The number of amides is 2. The molecule has 63 heavy (non-hydrogen) atoms. The number of hydrogen-bond acceptors (Lipinski definition) is 11. The summed E-state index contributed by atoms with van der Waals surface area (Å²) >= 11 is 0. The summed E-state index contributed by atoms with van der Waals surface area (Å²) in [7, 11) is 1.69. The molecule has 0 bridgehead atoms. The van der Waals surface area contributed by atoms with Gasteiger partial charge in [0.2, 0.25) is 17.8 Å². The van der Waals surface area contributed by atoms with Gasteiger partial charge in [-0.25, -0.2) is 9.78 Å². The molecule has 6 heterocycles. The number of aryl methyl sites for hydroxylation is 3. The highest BCUT2D eigenvalue weighted by molar-refractivity contribution is 6.00. The van der Waals surface area contributed by atoms with Crippen LogP contribution in [0.3, 0.4) is 0 Å². The highest BCUT2D eigenvalue weighted by Gasteiger charge is 2.32. The largest absolute Gasteiger partial charge is 0.393 e. The number of aromatic nitrogens is 8. The molecule has 4 aromatic heterocycles. The first-order chi connectivity index (χ1) is 30.3. The second-order valence-electron chi connectivity index (χ2n) is 17.1. The number of piperidine rings is 1. The molecule has 6 aromatic rings. The van der Waals surface area contributed by atoms with Crippen molar-refractivity contribution >= 4 is 39.8 Å². The molecule has 1 saturated carbocycles. The maximum absolute atomic E-state index is 13.2. The van der Waals surface area contributed by atoms with Gasteiger partial charge in [-0.05, 0) is 67.3 Å². The average Bonchev–Trinajstić information content (AvgIpc) is 3.95. The third-order valence-electron chi connectivity index (χ3n) is 12.7. The first-order valence-corrected chi connectivity index (χ1v) is 21.7. The van der Waals surface area contributed by atoms with E-state index in [2.05, 4.69) is 75.7 Å². The van der Waals surface area contributed by atoms with Gasteiger partial charge in [-0.2, -0.15) is 18.2 Å². The summed E-state index contributed by atoms with van der Waals surface area (Å²) in [4.78, 5) is 51.3. The van der Waals surface area contributed by atoms with E-state index in [0.717, 1.165) is 78.9 Å². The van der Waals surface area contributed by atoms with Crippen LogP contribution in [-0.4, -0.2) is 110 Å². The van der Waals surface area contributed by atoms with Crippen molar-refractivity contribution in [2.24, 2.45) is 7.05 Å². The second-order valence-corrected chi connectivity index (χ2v) is 17.1. The Morgan fingerprint density at radius 2 is 1.62 bits per heavy atom. The first-order valence-electron chi connectivity index (χ1n) is 21.7. The van der Waals surface area contributed by atoms with Gasteiger partial charge in [0, 0.05) is 101 Å². The third-order valence-corrected chi connectivity index (χ3v) is 12.7. The van der Waals surface area contributed by atoms with Gasteiger partial charge < -0.3 is 15.0 Å². The molecule has 0 radical (unpaired) electrons. The number of alkyl halides is 3. The fourth-order valence-electron chi connectivity index (χ4n) is 9.22. The van der Waals surface area contributed by atoms with Crippen molar-refractivity contribution in [1.82, 2.24) is 53.8 Å². The summed E-state index contributed by atoms with van der Waals surface area (Å²) in [5, 5.41) is 24.9. The van der Waals surface area contributed by atoms with E-state index in [1.54, 1.807) is 17.8 Å². The molecule has 2 saturated heterocycles. The fraction of sp³-hybridized carbons (Fsp3) is 0.477. The summed E-state index contributed by atoms with van der Waals surface area (Å²) in [6.07, 6.45) is 4.30. The smallest absolute Gasteiger partial charge is 0.390 e. The molecule has 3 fully saturated rings. The van der Waals surface area contributed by atoms with Gasteiger partial charge in [-0.15, -0.1) is 5.10 Å². The molecule has 9 rings (SSSR count). The molecule has 19 heteroatoms. The summed E-state index contributed by atoms with van der Waals surface area (Å²) in [6.45, 7) is 5.43. The zero-order valence-electron chi connectivity index (χ0n) is 35.1. The monoisotopic (exact) mass is 868 g/mol. The molecule has 16 nitrogen and oxygen atoms in total. The van der Waals surface area contributed by atoms with E-state index < -0.39 is 24.5 Å². The zero-order chi connectivity index (χ0) is 43.8. The number of benzene rings is 2. The molecule has 0 spiro atoms. The lowest BCUT2D eigenvalue weighted by Crippen LogP contribution is -2.45. The summed E-state index contributed by atoms with van der Waals surface area (Å²) in [5.41, 5.74) is 6.86. The van der Waals surface area contributed by atoms with Gasteiger partial charge in [0.05, 0.1) is 29.3 Å². The number of anilines is 1. The third kappa shape index (κ3) is 9.40. The Morgan fingerprint density at radius 1 is 0.889 bits per heavy atom. The number of hydrogen-bond donors (Lipinski definition) is 3. The number of halogens is 3. The molecular weight excluding hydrogens is 818 g/mol. The van der Waals surface area contributed by atoms with Crippen molar-refractivity contribution < 1.29 is 27.9 Å². The van der Waals surface area contributed by atoms with Crippen LogP contribution in [-0.2, 0) is 42.7 Å². The molecule has 2 aliphatic heterocycles. The van der Waals surface area contributed by atoms with Crippen molar-refractivity contribution in [3.63, 3.8) is 0 Å². The van der Waals surface area contributed by atoms with Crippen molar-refractivity contribution in [1.29, 1.82) is 0 Å². The molecule has 3 aliphatic rings. The Hall–Kier alpha value is -5.92. The predicted octanol–water partition coefficient (Wildman–Crippen LogP) is 4.72. The zero-order valence-corrected chi connectivity index (χ0v) is 35.1. The van der Waals surface area contributed by atoms with Crippen LogP contribution in [0.5, 0.6) is 0 Å². The van der Waals surface area contributed by atoms with Crippen molar-refractivity contribution in [2.45, 2.75) is 95.4 Å². The summed E-state index contributed by atoms with van der Waals surface area (Å²) in [5.74, 6) is -0.609. The molecule has 1 aliphatic carbocycles. The molecule has 0 unspecified atom stereocenters. The number of nitrogens with one attached hydrogen (secondary N) is 2. The molecule has 3 N–H and O–H groups in total. The Bertz CT molecular complexity index is 2670. The number of carbonyl (C=O) groups is 2. The lowest BCUT2D eigenvalue weighted by Gasteiger charge is -2.34. The highest BCUT2D eigenvalue weighted by Crippen LogP contribution is 2.37. The van der Waals surface area contributed by atoms with Crippen LogP contribution in [0.2, 0.25) is 0 Å². The number of rotatable bonds is 13. The van der Waals surface area contributed by atoms with Gasteiger partial charge in [0.1, 0.15) is 11.7 Å². The van der Waals surface area contributed by atoms with Crippen LogP contribution in [0.25, 0.3) is 33.2 Å². The van der Waals surface area contributed by atoms with E-state index >= 15 is 0 Å². The number of aliphatic hydroxyl groups is 1. The molecule has 2 amide bonds. The van der Waals surface area contributed by atoms with Crippen molar-refractivity contribution in [3.8, 4) is 11.1 Å². The van der Waals surface area contributed by atoms with Gasteiger partial charge in [0.15, 0.2) is 0 Å². The molecule has 332 valence electrons. The van der Waals surface area contributed by atoms with E-state index in [-0.39, 0.29) is 42.7 Å². The Balaban J connectivity index is 0.781. The van der Waals surface area contributed by atoms with Gasteiger partial charge in [-0.1, -0.05) is 35.5 Å². The topological polar surface area (TPSA) is 173 Å². The maximum atomic E-state index is 13.2. The Kier molecular flexibility index (Phi) is 11.9. The highest BCUT2D eigenvalue weighted by atomic mass is 19.4. The van der Waals surface area contributed by atoms with Crippen molar-refractivity contribution in [3.05, 3.63) is 88.4 Å². The van der Waals surface area contributed by atoms with Gasteiger partial charge in [0.25, 0.3) is 0 Å². The van der Waals surface area contributed by atoms with Gasteiger partial charge in [-0.3, -0.25) is 38.5 Å².